The standard InChI is InChI=1S/C16H24O2S/c1-3-12(2)19-11-14(17)10-13-8-9-18-16-7-5-4-6-15(13)16/h4-7,12-14,17H,3,8-11H2,1-2H3. The van der Waals surface area contributed by atoms with Gasteiger partial charge in [0.25, 0.3) is 0 Å². The SMILES string of the molecule is CCC(C)SCC(O)CC1CCOc2ccccc21. The van der Waals surface area contributed by atoms with Crippen molar-refractivity contribution in [1.82, 2.24) is 0 Å². The summed E-state index contributed by atoms with van der Waals surface area (Å²) >= 11 is 1.87. The second kappa shape index (κ2) is 7.20. The predicted octanol–water partition coefficient (Wildman–Crippen LogP) is 3.84. The number of hydrogen-bond donors (Lipinski definition) is 1. The zero-order chi connectivity index (χ0) is 13.7. The molecule has 0 amide bonds. The molecule has 1 aliphatic heterocycles. The minimum Gasteiger partial charge on any atom is -0.493 e. The number of fused-ring (bicyclic) bond motifs is 1. The number of rotatable bonds is 6. The molecule has 2 nitrogen and oxygen atoms in total. The van der Waals surface area contributed by atoms with Crippen LogP contribution in [0.1, 0.15) is 44.6 Å². The van der Waals surface area contributed by atoms with Gasteiger partial charge in [-0.2, -0.15) is 11.8 Å². The Morgan fingerprint density at radius 2 is 2.21 bits per heavy atom. The Hall–Kier alpha value is -0.670. The molecule has 0 saturated heterocycles. The lowest BCUT2D eigenvalue weighted by Gasteiger charge is -2.27. The molecule has 106 valence electrons. The number of aliphatic hydroxyl groups excluding tert-OH is 1. The minimum atomic E-state index is -0.213. The van der Waals surface area contributed by atoms with Gasteiger partial charge in [0.2, 0.25) is 0 Å². The summed E-state index contributed by atoms with van der Waals surface area (Å²) in [7, 11) is 0. The Bertz CT molecular complexity index is 394. The highest BCUT2D eigenvalue weighted by atomic mass is 32.2. The first-order chi connectivity index (χ1) is 9.20. The first kappa shape index (κ1) is 14.7. The van der Waals surface area contributed by atoms with Crippen molar-refractivity contribution in [3.05, 3.63) is 29.8 Å². The van der Waals surface area contributed by atoms with Crippen LogP contribution >= 0.6 is 11.8 Å². The molecule has 1 N–H and O–H groups in total. The van der Waals surface area contributed by atoms with Crippen molar-refractivity contribution >= 4 is 11.8 Å². The predicted molar refractivity (Wildman–Crippen MR) is 82.1 cm³/mol. The van der Waals surface area contributed by atoms with Crippen LogP contribution in [0.3, 0.4) is 0 Å². The summed E-state index contributed by atoms with van der Waals surface area (Å²) in [5.74, 6) is 2.28. The average Bonchev–Trinajstić information content (AvgIpc) is 2.45. The molecule has 0 spiro atoms. The van der Waals surface area contributed by atoms with Gasteiger partial charge in [0.1, 0.15) is 5.75 Å². The van der Waals surface area contributed by atoms with Crippen molar-refractivity contribution in [2.75, 3.05) is 12.4 Å². The zero-order valence-electron chi connectivity index (χ0n) is 11.8. The molecule has 0 aliphatic carbocycles. The maximum Gasteiger partial charge on any atom is 0.122 e. The van der Waals surface area contributed by atoms with E-state index in [1.165, 1.54) is 5.56 Å². The van der Waals surface area contributed by atoms with Crippen LogP contribution in [0.15, 0.2) is 24.3 Å². The van der Waals surface area contributed by atoms with E-state index in [9.17, 15) is 5.11 Å². The molecule has 0 bridgehead atoms. The molecule has 3 heteroatoms. The van der Waals surface area contributed by atoms with E-state index >= 15 is 0 Å². The van der Waals surface area contributed by atoms with Gasteiger partial charge in [-0.05, 0) is 36.8 Å². The molecule has 19 heavy (non-hydrogen) atoms. The fourth-order valence-electron chi connectivity index (χ4n) is 2.45. The van der Waals surface area contributed by atoms with E-state index in [1.807, 2.05) is 23.9 Å². The van der Waals surface area contributed by atoms with Crippen LogP contribution in [-0.4, -0.2) is 28.8 Å². The molecule has 0 radical (unpaired) electrons. The lowest BCUT2D eigenvalue weighted by molar-refractivity contribution is 0.163. The summed E-state index contributed by atoms with van der Waals surface area (Å²) in [6.07, 6.45) is 2.82. The monoisotopic (exact) mass is 280 g/mol. The minimum absolute atomic E-state index is 0.213. The molecule has 1 aromatic rings. The van der Waals surface area contributed by atoms with Crippen LogP contribution in [0, 0.1) is 0 Å². The molecular weight excluding hydrogens is 256 g/mol. The molecule has 0 saturated carbocycles. The molecular formula is C16H24O2S. The van der Waals surface area contributed by atoms with Crippen molar-refractivity contribution in [3.8, 4) is 5.75 Å². The molecule has 1 heterocycles. The number of hydrogen-bond acceptors (Lipinski definition) is 3. The highest BCUT2D eigenvalue weighted by Gasteiger charge is 2.23. The third-order valence-corrected chi connectivity index (χ3v) is 5.27. The van der Waals surface area contributed by atoms with Gasteiger partial charge in [-0.1, -0.05) is 32.0 Å². The average molecular weight is 280 g/mol. The van der Waals surface area contributed by atoms with Gasteiger partial charge in [0, 0.05) is 11.0 Å². The van der Waals surface area contributed by atoms with Crippen LogP contribution < -0.4 is 4.74 Å². The van der Waals surface area contributed by atoms with Crippen molar-refractivity contribution in [3.63, 3.8) is 0 Å². The van der Waals surface area contributed by atoms with Gasteiger partial charge in [-0.3, -0.25) is 0 Å². The summed E-state index contributed by atoms with van der Waals surface area (Å²) in [5.41, 5.74) is 1.27. The first-order valence-corrected chi connectivity index (χ1v) is 8.27. The van der Waals surface area contributed by atoms with Crippen LogP contribution in [-0.2, 0) is 0 Å². The van der Waals surface area contributed by atoms with Gasteiger partial charge < -0.3 is 9.84 Å². The second-order valence-electron chi connectivity index (χ2n) is 5.31. The van der Waals surface area contributed by atoms with Crippen molar-refractivity contribution < 1.29 is 9.84 Å². The number of thioether (sulfide) groups is 1. The Balaban J connectivity index is 1.89. The number of ether oxygens (including phenoxy) is 1. The van der Waals surface area contributed by atoms with Gasteiger partial charge in [0.05, 0.1) is 12.7 Å². The topological polar surface area (TPSA) is 29.5 Å². The number of aliphatic hydroxyl groups is 1. The smallest absolute Gasteiger partial charge is 0.122 e. The van der Waals surface area contributed by atoms with Crippen molar-refractivity contribution in [1.29, 1.82) is 0 Å². The largest absolute Gasteiger partial charge is 0.493 e. The number of benzene rings is 1. The Labute approximate surface area is 120 Å². The lowest BCUT2D eigenvalue weighted by atomic mass is 9.88. The highest BCUT2D eigenvalue weighted by Crippen LogP contribution is 2.36. The van der Waals surface area contributed by atoms with Gasteiger partial charge in [0.15, 0.2) is 0 Å². The summed E-state index contributed by atoms with van der Waals surface area (Å²) in [6.45, 7) is 5.19. The summed E-state index contributed by atoms with van der Waals surface area (Å²) in [6, 6.07) is 8.23. The van der Waals surface area contributed by atoms with Gasteiger partial charge >= 0.3 is 0 Å². The van der Waals surface area contributed by atoms with Crippen LogP contribution in [0.25, 0.3) is 0 Å². The van der Waals surface area contributed by atoms with E-state index in [2.05, 4.69) is 26.0 Å². The molecule has 2 rings (SSSR count). The summed E-state index contributed by atoms with van der Waals surface area (Å²) in [4.78, 5) is 0. The Kier molecular flexibility index (Phi) is 5.59. The van der Waals surface area contributed by atoms with Crippen molar-refractivity contribution in [2.45, 2.75) is 50.4 Å². The van der Waals surface area contributed by atoms with Crippen LogP contribution in [0.4, 0.5) is 0 Å². The fraction of sp³-hybridized carbons (Fsp3) is 0.625. The fourth-order valence-corrected chi connectivity index (χ4v) is 3.37. The van der Waals surface area contributed by atoms with E-state index in [0.29, 0.717) is 11.2 Å². The Morgan fingerprint density at radius 1 is 1.42 bits per heavy atom. The van der Waals surface area contributed by atoms with E-state index in [1.54, 1.807) is 0 Å². The van der Waals surface area contributed by atoms with Crippen LogP contribution in [0.5, 0.6) is 5.75 Å². The first-order valence-electron chi connectivity index (χ1n) is 7.22. The molecule has 1 aromatic carbocycles. The van der Waals surface area contributed by atoms with Crippen molar-refractivity contribution in [2.24, 2.45) is 0 Å². The molecule has 0 fully saturated rings. The Morgan fingerprint density at radius 3 is 3.00 bits per heavy atom. The van der Waals surface area contributed by atoms with E-state index in [4.69, 9.17) is 4.74 Å². The van der Waals surface area contributed by atoms with Gasteiger partial charge in [-0.25, -0.2) is 0 Å². The van der Waals surface area contributed by atoms with E-state index < -0.39 is 0 Å². The lowest BCUT2D eigenvalue weighted by Crippen LogP contribution is -2.21. The zero-order valence-corrected chi connectivity index (χ0v) is 12.7. The molecule has 3 atom stereocenters. The summed E-state index contributed by atoms with van der Waals surface area (Å²) in [5, 5.41) is 10.8. The number of para-hydroxylation sites is 1. The van der Waals surface area contributed by atoms with Gasteiger partial charge in [-0.15, -0.1) is 0 Å². The molecule has 1 aliphatic rings. The third-order valence-electron chi connectivity index (χ3n) is 3.79. The maximum absolute atomic E-state index is 10.2. The quantitative estimate of drug-likeness (QED) is 0.858. The summed E-state index contributed by atoms with van der Waals surface area (Å²) < 4.78 is 5.66. The maximum atomic E-state index is 10.2. The van der Waals surface area contributed by atoms with Crippen LogP contribution in [0.2, 0.25) is 0 Å². The van der Waals surface area contributed by atoms with E-state index in [0.717, 1.165) is 37.4 Å². The van der Waals surface area contributed by atoms with E-state index in [-0.39, 0.29) is 6.10 Å². The highest BCUT2D eigenvalue weighted by molar-refractivity contribution is 7.99. The normalized spacial score (nSPS) is 21.3. The molecule has 0 aromatic heterocycles. The second-order valence-corrected chi connectivity index (χ2v) is 6.79. The molecule has 3 unspecified atom stereocenters. The third kappa shape index (κ3) is 4.15.